The van der Waals surface area contributed by atoms with Gasteiger partial charge in [-0.3, -0.25) is 9.59 Å². The third-order valence-electron chi connectivity index (χ3n) is 1.20. The van der Waals surface area contributed by atoms with Gasteiger partial charge in [-0.25, -0.2) is 0 Å². The van der Waals surface area contributed by atoms with Crippen molar-refractivity contribution in [2.75, 3.05) is 6.54 Å². The van der Waals surface area contributed by atoms with E-state index in [1.165, 1.54) is 6.92 Å². The monoisotopic (exact) mass is 129 g/mol. The summed E-state index contributed by atoms with van der Waals surface area (Å²) in [7, 11) is 0. The summed E-state index contributed by atoms with van der Waals surface area (Å²) in [5.41, 5.74) is 0. The highest BCUT2D eigenvalue weighted by molar-refractivity contribution is 5.78. The molecule has 0 heterocycles. The Morgan fingerprint density at radius 3 is 2.67 bits per heavy atom. The summed E-state index contributed by atoms with van der Waals surface area (Å²) in [6, 6.07) is 0. The predicted octanol–water partition coefficient (Wildman–Crippen LogP) is -0.0425. The number of Topliss-reactive ketones (excluding diaryl/α,β-unsaturated/α-hetero) is 1. The Balaban J connectivity index is 3.37. The van der Waals surface area contributed by atoms with Gasteiger partial charge in [0.1, 0.15) is 5.78 Å². The number of rotatable bonds is 4. The molecule has 0 aliphatic carbocycles. The van der Waals surface area contributed by atoms with Crippen LogP contribution in [0.2, 0.25) is 0 Å². The molecule has 1 atom stereocenters. The minimum Gasteiger partial charge on any atom is -0.358 e. The van der Waals surface area contributed by atoms with Gasteiger partial charge in [-0.2, -0.15) is 0 Å². The molecule has 0 aromatic carbocycles. The highest BCUT2D eigenvalue weighted by atomic mass is 16.1. The van der Waals surface area contributed by atoms with Gasteiger partial charge in [-0.1, -0.05) is 6.92 Å². The lowest BCUT2D eigenvalue weighted by Gasteiger charge is -2.03. The zero-order valence-electron chi connectivity index (χ0n) is 5.68. The van der Waals surface area contributed by atoms with Gasteiger partial charge in [0.05, 0.1) is 0 Å². The van der Waals surface area contributed by atoms with Crippen LogP contribution >= 0.6 is 0 Å². The van der Waals surface area contributed by atoms with Crippen molar-refractivity contribution in [3.63, 3.8) is 0 Å². The average Bonchev–Trinajstić information content (AvgIpc) is 1.82. The molecule has 0 saturated heterocycles. The van der Waals surface area contributed by atoms with Crippen molar-refractivity contribution in [2.45, 2.75) is 13.8 Å². The lowest BCUT2D eigenvalue weighted by atomic mass is 10.1. The molecule has 0 saturated carbocycles. The highest BCUT2D eigenvalue weighted by Crippen LogP contribution is 1.91. The van der Waals surface area contributed by atoms with Crippen molar-refractivity contribution >= 4 is 12.2 Å². The Kier molecular flexibility index (Phi) is 3.67. The van der Waals surface area contributed by atoms with E-state index in [1.807, 2.05) is 0 Å². The van der Waals surface area contributed by atoms with Crippen LogP contribution in [0.5, 0.6) is 0 Å². The molecule has 0 aliphatic heterocycles. The number of amides is 1. The van der Waals surface area contributed by atoms with E-state index >= 15 is 0 Å². The van der Waals surface area contributed by atoms with Crippen molar-refractivity contribution in [1.29, 1.82) is 0 Å². The summed E-state index contributed by atoms with van der Waals surface area (Å²) in [4.78, 5) is 20.2. The summed E-state index contributed by atoms with van der Waals surface area (Å²) >= 11 is 0. The Labute approximate surface area is 54.4 Å². The molecule has 0 aromatic rings. The minimum atomic E-state index is -0.0600. The SMILES string of the molecule is CC(=O)[C@@H](C)CNC=O. The minimum absolute atomic E-state index is 0.0600. The normalized spacial score (nSPS) is 12.2. The van der Waals surface area contributed by atoms with E-state index in [0.29, 0.717) is 13.0 Å². The Bertz CT molecular complexity index is 112. The first-order valence-corrected chi connectivity index (χ1v) is 2.86. The molecule has 3 nitrogen and oxygen atoms in total. The Morgan fingerprint density at radius 1 is 1.78 bits per heavy atom. The molecule has 0 aromatic heterocycles. The number of hydrogen-bond acceptors (Lipinski definition) is 2. The van der Waals surface area contributed by atoms with Crippen molar-refractivity contribution in [1.82, 2.24) is 5.32 Å². The molecular weight excluding hydrogens is 118 g/mol. The van der Waals surface area contributed by atoms with Crippen LogP contribution in [0.1, 0.15) is 13.8 Å². The first-order valence-electron chi connectivity index (χ1n) is 2.86. The molecule has 0 rings (SSSR count). The fourth-order valence-corrected chi connectivity index (χ4v) is 0.369. The first-order chi connectivity index (χ1) is 4.18. The maximum atomic E-state index is 10.5. The molecule has 0 spiro atoms. The van der Waals surface area contributed by atoms with Crippen LogP contribution in [-0.2, 0) is 9.59 Å². The molecule has 0 bridgehead atoms. The van der Waals surface area contributed by atoms with Crippen molar-refractivity contribution in [3.05, 3.63) is 0 Å². The van der Waals surface area contributed by atoms with E-state index < -0.39 is 0 Å². The van der Waals surface area contributed by atoms with Crippen LogP contribution in [0.25, 0.3) is 0 Å². The zero-order chi connectivity index (χ0) is 7.28. The molecule has 0 aliphatic rings. The fourth-order valence-electron chi connectivity index (χ4n) is 0.369. The lowest BCUT2D eigenvalue weighted by Crippen LogP contribution is -2.23. The number of ketones is 1. The topological polar surface area (TPSA) is 46.2 Å². The summed E-state index contributed by atoms with van der Waals surface area (Å²) in [6.07, 6.45) is 0.597. The molecule has 0 unspecified atom stereocenters. The quantitative estimate of drug-likeness (QED) is 0.541. The van der Waals surface area contributed by atoms with Gasteiger partial charge >= 0.3 is 0 Å². The van der Waals surface area contributed by atoms with Crippen molar-refractivity contribution in [3.8, 4) is 0 Å². The molecule has 9 heavy (non-hydrogen) atoms. The van der Waals surface area contributed by atoms with Crippen LogP contribution in [-0.4, -0.2) is 18.7 Å². The molecule has 52 valence electrons. The lowest BCUT2D eigenvalue weighted by molar-refractivity contribution is -0.120. The second-order valence-electron chi connectivity index (χ2n) is 2.04. The number of hydrogen-bond donors (Lipinski definition) is 1. The van der Waals surface area contributed by atoms with Crippen LogP contribution in [0, 0.1) is 5.92 Å². The molecule has 0 fully saturated rings. The van der Waals surface area contributed by atoms with Gasteiger partial charge in [0.15, 0.2) is 0 Å². The number of carbonyl (C=O) groups is 2. The molecule has 3 heteroatoms. The van der Waals surface area contributed by atoms with Gasteiger partial charge in [0.25, 0.3) is 0 Å². The Hall–Kier alpha value is -0.860. The molecule has 0 radical (unpaired) electrons. The number of carbonyl (C=O) groups excluding carboxylic acids is 2. The second-order valence-corrected chi connectivity index (χ2v) is 2.04. The van der Waals surface area contributed by atoms with Gasteiger partial charge in [0, 0.05) is 12.5 Å². The third kappa shape index (κ3) is 3.70. The summed E-state index contributed by atoms with van der Waals surface area (Å²) in [6.45, 7) is 3.73. The summed E-state index contributed by atoms with van der Waals surface area (Å²) in [5, 5.41) is 2.43. The largest absolute Gasteiger partial charge is 0.358 e. The fraction of sp³-hybridized carbons (Fsp3) is 0.667. The van der Waals surface area contributed by atoms with Gasteiger partial charge in [-0.05, 0) is 6.92 Å². The van der Waals surface area contributed by atoms with Crippen LogP contribution in [0.15, 0.2) is 0 Å². The first kappa shape index (κ1) is 8.14. The van der Waals surface area contributed by atoms with Crippen LogP contribution < -0.4 is 5.32 Å². The smallest absolute Gasteiger partial charge is 0.207 e. The molecular formula is C6H11NO2. The maximum absolute atomic E-state index is 10.5. The zero-order valence-corrected chi connectivity index (χ0v) is 5.68. The van der Waals surface area contributed by atoms with Crippen molar-refractivity contribution in [2.24, 2.45) is 5.92 Å². The maximum Gasteiger partial charge on any atom is 0.207 e. The molecule has 1 amide bonds. The van der Waals surface area contributed by atoms with Gasteiger partial charge in [0.2, 0.25) is 6.41 Å². The standard InChI is InChI=1S/C6H11NO2/c1-5(6(2)9)3-7-4-8/h4-5H,3H2,1-2H3,(H,7,8)/t5-/m0/s1. The van der Waals surface area contributed by atoms with Crippen LogP contribution in [0.4, 0.5) is 0 Å². The van der Waals surface area contributed by atoms with Gasteiger partial charge in [-0.15, -0.1) is 0 Å². The average molecular weight is 129 g/mol. The van der Waals surface area contributed by atoms with E-state index in [2.05, 4.69) is 5.32 Å². The van der Waals surface area contributed by atoms with E-state index in [9.17, 15) is 9.59 Å². The predicted molar refractivity (Wildman–Crippen MR) is 33.9 cm³/mol. The second kappa shape index (κ2) is 4.06. The molecule has 1 N–H and O–H groups in total. The third-order valence-corrected chi connectivity index (χ3v) is 1.20. The summed E-state index contributed by atoms with van der Waals surface area (Å²) < 4.78 is 0. The van der Waals surface area contributed by atoms with Crippen molar-refractivity contribution < 1.29 is 9.59 Å². The van der Waals surface area contributed by atoms with E-state index in [-0.39, 0.29) is 11.7 Å². The van der Waals surface area contributed by atoms with Gasteiger partial charge < -0.3 is 5.32 Å². The Morgan fingerprint density at radius 2 is 2.33 bits per heavy atom. The number of nitrogens with one attached hydrogen (secondary N) is 1. The summed E-state index contributed by atoms with van der Waals surface area (Å²) in [5.74, 6) is 0.0413. The highest BCUT2D eigenvalue weighted by Gasteiger charge is 2.04. The van der Waals surface area contributed by atoms with E-state index in [1.54, 1.807) is 6.92 Å². The van der Waals surface area contributed by atoms with E-state index in [0.717, 1.165) is 0 Å². The van der Waals surface area contributed by atoms with Crippen LogP contribution in [0.3, 0.4) is 0 Å². The van der Waals surface area contributed by atoms with E-state index in [4.69, 9.17) is 0 Å².